The van der Waals surface area contributed by atoms with Crippen molar-refractivity contribution in [3.8, 4) is 0 Å². The van der Waals surface area contributed by atoms with E-state index < -0.39 is 35.8 Å². The van der Waals surface area contributed by atoms with Crippen LogP contribution in [0.4, 0.5) is 0 Å². The van der Waals surface area contributed by atoms with Crippen molar-refractivity contribution in [2.75, 3.05) is 6.61 Å². The van der Waals surface area contributed by atoms with Gasteiger partial charge < -0.3 is 19.3 Å². The molecule has 24 heavy (non-hydrogen) atoms. The second kappa shape index (κ2) is 8.09. The lowest BCUT2D eigenvalue weighted by Gasteiger charge is -2.23. The molecule has 2 N–H and O–H groups in total. The molecule has 1 aromatic heterocycles. The molecule has 1 aromatic rings. The summed E-state index contributed by atoms with van der Waals surface area (Å²) in [5, 5.41) is 10.6. The Hall–Kier alpha value is -0.750. The summed E-state index contributed by atoms with van der Waals surface area (Å²) < 4.78 is 18.7. The molecule has 1 aliphatic heterocycles. The topological polar surface area (TPSA) is 103 Å². The van der Waals surface area contributed by atoms with E-state index in [0.717, 1.165) is 0 Å². The average molecular weight is 454 g/mol. The van der Waals surface area contributed by atoms with Gasteiger partial charge in [-0.05, 0) is 50.3 Å². The van der Waals surface area contributed by atoms with Gasteiger partial charge in [-0.2, -0.15) is 0 Å². The van der Waals surface area contributed by atoms with Gasteiger partial charge in [0, 0.05) is 6.20 Å². The van der Waals surface area contributed by atoms with Crippen molar-refractivity contribution >= 4 is 22.6 Å². The van der Waals surface area contributed by atoms with Crippen LogP contribution in [0.2, 0.25) is 0 Å². The number of nitrogens with zero attached hydrogens (tertiary/aromatic N) is 1. The third-order valence-electron chi connectivity index (χ3n) is 3.53. The molecule has 0 saturated carbocycles. The van der Waals surface area contributed by atoms with E-state index in [4.69, 9.17) is 14.2 Å². The highest BCUT2D eigenvalue weighted by molar-refractivity contribution is 14.1. The Balaban J connectivity index is 2.30. The molecule has 0 aromatic carbocycles. The maximum Gasteiger partial charge on any atom is 0.330 e. The fourth-order valence-electron chi connectivity index (χ4n) is 2.50. The number of aliphatic hydroxyl groups is 1. The minimum absolute atomic E-state index is 0.00115. The molecule has 0 bridgehead atoms. The number of hydrogen-bond donors (Lipinski definition) is 2. The Kier molecular flexibility index (Phi) is 6.59. The van der Waals surface area contributed by atoms with Crippen molar-refractivity contribution in [2.24, 2.45) is 0 Å². The van der Waals surface area contributed by atoms with Crippen LogP contribution < -0.4 is 11.2 Å². The minimum Gasteiger partial charge on any atom is -0.386 e. The van der Waals surface area contributed by atoms with Crippen LogP contribution in [-0.4, -0.2) is 51.8 Å². The Bertz CT molecular complexity index is 671. The SMILES string of the molecule is CC(C)OC[C@H]1O[C@@H](n2cc(I)c(=O)[nH]c2=O)C(O)[C@H]1OC(C)C. The number of nitrogens with one attached hydrogen (secondary N) is 1. The molecule has 8 nitrogen and oxygen atoms in total. The van der Waals surface area contributed by atoms with Gasteiger partial charge in [-0.25, -0.2) is 4.79 Å². The maximum absolute atomic E-state index is 12.1. The summed E-state index contributed by atoms with van der Waals surface area (Å²) in [6.07, 6.45) is -1.92. The van der Waals surface area contributed by atoms with Crippen molar-refractivity contribution in [1.29, 1.82) is 0 Å². The number of aromatic nitrogens is 2. The molecular weight excluding hydrogens is 431 g/mol. The Morgan fingerprint density at radius 2 is 2.00 bits per heavy atom. The van der Waals surface area contributed by atoms with Crippen LogP contribution in [0, 0.1) is 3.57 Å². The van der Waals surface area contributed by atoms with Gasteiger partial charge in [0.2, 0.25) is 0 Å². The second-order valence-corrected chi connectivity index (χ2v) is 7.39. The summed E-state index contributed by atoms with van der Waals surface area (Å²) in [6, 6.07) is 0. The number of rotatable bonds is 6. The summed E-state index contributed by atoms with van der Waals surface area (Å²) in [4.78, 5) is 25.8. The first-order chi connectivity index (χ1) is 11.2. The van der Waals surface area contributed by atoms with Gasteiger partial charge >= 0.3 is 5.69 Å². The van der Waals surface area contributed by atoms with E-state index in [1.54, 1.807) is 0 Å². The van der Waals surface area contributed by atoms with Crippen LogP contribution in [0.25, 0.3) is 0 Å². The predicted molar refractivity (Wildman–Crippen MR) is 95.1 cm³/mol. The molecule has 0 aliphatic carbocycles. The lowest BCUT2D eigenvalue weighted by molar-refractivity contribution is -0.0979. The molecule has 0 radical (unpaired) electrons. The molecule has 1 fully saturated rings. The summed E-state index contributed by atoms with van der Waals surface area (Å²) in [5.41, 5.74) is -1.11. The number of aromatic amines is 1. The Morgan fingerprint density at radius 1 is 1.33 bits per heavy atom. The number of H-pyrrole nitrogens is 1. The van der Waals surface area contributed by atoms with Crippen molar-refractivity contribution in [1.82, 2.24) is 9.55 Å². The first-order valence-electron chi connectivity index (χ1n) is 7.82. The number of aliphatic hydroxyl groups excluding tert-OH is 1. The van der Waals surface area contributed by atoms with E-state index in [1.165, 1.54) is 10.8 Å². The third kappa shape index (κ3) is 4.45. The van der Waals surface area contributed by atoms with Gasteiger partial charge in [0.25, 0.3) is 5.56 Å². The van der Waals surface area contributed by atoms with Gasteiger partial charge in [0.05, 0.1) is 22.4 Å². The van der Waals surface area contributed by atoms with Gasteiger partial charge in [-0.1, -0.05) is 0 Å². The monoisotopic (exact) mass is 454 g/mol. The molecule has 0 amide bonds. The first-order valence-corrected chi connectivity index (χ1v) is 8.90. The van der Waals surface area contributed by atoms with E-state index in [0.29, 0.717) is 3.57 Å². The number of hydrogen-bond acceptors (Lipinski definition) is 6. The summed E-state index contributed by atoms with van der Waals surface area (Å²) in [5.74, 6) is 0. The highest BCUT2D eigenvalue weighted by atomic mass is 127. The number of halogens is 1. The molecular formula is C15H23IN2O6. The van der Waals surface area contributed by atoms with Gasteiger partial charge in [-0.3, -0.25) is 14.3 Å². The lowest BCUT2D eigenvalue weighted by atomic mass is 10.1. The summed E-state index contributed by atoms with van der Waals surface area (Å²) >= 11 is 1.82. The maximum atomic E-state index is 12.1. The molecule has 136 valence electrons. The van der Waals surface area contributed by atoms with E-state index >= 15 is 0 Å². The molecule has 1 aliphatic rings. The fourth-order valence-corrected chi connectivity index (χ4v) is 2.94. The van der Waals surface area contributed by atoms with E-state index in [-0.39, 0.29) is 18.8 Å². The molecule has 0 spiro atoms. The van der Waals surface area contributed by atoms with E-state index in [9.17, 15) is 14.7 Å². The van der Waals surface area contributed by atoms with Crippen molar-refractivity contribution in [3.63, 3.8) is 0 Å². The second-order valence-electron chi connectivity index (χ2n) is 6.23. The smallest absolute Gasteiger partial charge is 0.330 e. The highest BCUT2D eigenvalue weighted by Crippen LogP contribution is 2.31. The van der Waals surface area contributed by atoms with Crippen LogP contribution in [0.15, 0.2) is 15.8 Å². The zero-order valence-electron chi connectivity index (χ0n) is 14.1. The van der Waals surface area contributed by atoms with E-state index in [2.05, 4.69) is 4.98 Å². The molecule has 2 heterocycles. The van der Waals surface area contributed by atoms with E-state index in [1.807, 2.05) is 50.3 Å². The highest BCUT2D eigenvalue weighted by Gasteiger charge is 2.46. The normalized spacial score (nSPS) is 27.3. The summed E-state index contributed by atoms with van der Waals surface area (Å²) in [6.45, 7) is 7.74. The molecule has 9 heteroatoms. The van der Waals surface area contributed by atoms with Crippen LogP contribution in [0.3, 0.4) is 0 Å². The zero-order chi connectivity index (χ0) is 18.0. The van der Waals surface area contributed by atoms with Crippen molar-refractivity contribution < 1.29 is 19.3 Å². The van der Waals surface area contributed by atoms with Crippen molar-refractivity contribution in [3.05, 3.63) is 30.6 Å². The quantitative estimate of drug-likeness (QED) is 0.612. The summed E-state index contributed by atoms with van der Waals surface area (Å²) in [7, 11) is 0. The first kappa shape index (κ1) is 19.6. The van der Waals surface area contributed by atoms with Gasteiger partial charge in [-0.15, -0.1) is 0 Å². The van der Waals surface area contributed by atoms with Gasteiger partial charge in [0.1, 0.15) is 18.3 Å². The average Bonchev–Trinajstić information content (AvgIpc) is 2.77. The predicted octanol–water partition coefficient (Wildman–Crippen LogP) is 0.618. The largest absolute Gasteiger partial charge is 0.386 e. The van der Waals surface area contributed by atoms with Crippen LogP contribution in [0.1, 0.15) is 33.9 Å². The fraction of sp³-hybridized carbons (Fsp3) is 0.733. The Morgan fingerprint density at radius 3 is 2.58 bits per heavy atom. The third-order valence-corrected chi connectivity index (χ3v) is 4.30. The molecule has 1 saturated heterocycles. The minimum atomic E-state index is -1.06. The van der Waals surface area contributed by atoms with Crippen LogP contribution in [0.5, 0.6) is 0 Å². The van der Waals surface area contributed by atoms with Crippen molar-refractivity contribution in [2.45, 2.75) is 64.4 Å². The molecule has 4 atom stereocenters. The standard InChI is InChI=1S/C15H23IN2O6/c1-7(2)22-6-10-12(23-8(3)4)11(19)14(24-10)18-5-9(16)13(20)17-15(18)21/h5,7-8,10-12,14,19H,6H2,1-4H3,(H,17,20,21)/t10-,11?,12+,14-/m1/s1. The zero-order valence-corrected chi connectivity index (χ0v) is 16.2. The van der Waals surface area contributed by atoms with Crippen LogP contribution in [-0.2, 0) is 14.2 Å². The Labute approximate surface area is 153 Å². The lowest BCUT2D eigenvalue weighted by Crippen LogP contribution is -2.40. The van der Waals surface area contributed by atoms with Gasteiger partial charge in [0.15, 0.2) is 6.23 Å². The van der Waals surface area contributed by atoms with Crippen LogP contribution >= 0.6 is 22.6 Å². The molecule has 2 rings (SSSR count). The molecule has 1 unspecified atom stereocenters. The number of ether oxygens (including phenoxy) is 3.